The SMILES string of the molecule is CCCCCCCCCCC(=O)OCC(O)COC(=O)[C@@H](C)NC(C)=O. The van der Waals surface area contributed by atoms with Crippen LogP contribution < -0.4 is 5.32 Å². The molecular weight excluding hydrogens is 338 g/mol. The first-order valence-electron chi connectivity index (χ1n) is 9.64. The van der Waals surface area contributed by atoms with Gasteiger partial charge in [0.15, 0.2) is 0 Å². The van der Waals surface area contributed by atoms with E-state index in [0.717, 1.165) is 19.3 Å². The second-order valence-corrected chi connectivity index (χ2v) is 6.61. The first kappa shape index (κ1) is 24.4. The highest BCUT2D eigenvalue weighted by Crippen LogP contribution is 2.10. The Morgan fingerprint density at radius 3 is 2.04 bits per heavy atom. The lowest BCUT2D eigenvalue weighted by molar-refractivity contribution is -0.154. The molecular formula is C19H35NO6. The topological polar surface area (TPSA) is 102 Å². The van der Waals surface area contributed by atoms with Crippen LogP contribution in [0.1, 0.15) is 78.6 Å². The maximum atomic E-state index is 11.6. The number of unbranched alkanes of at least 4 members (excludes halogenated alkanes) is 7. The Morgan fingerprint density at radius 1 is 0.923 bits per heavy atom. The summed E-state index contributed by atoms with van der Waals surface area (Å²) in [5.41, 5.74) is 0. The fourth-order valence-corrected chi connectivity index (χ4v) is 2.38. The Morgan fingerprint density at radius 2 is 1.46 bits per heavy atom. The number of ether oxygens (including phenoxy) is 2. The monoisotopic (exact) mass is 373 g/mol. The molecule has 0 aromatic carbocycles. The highest BCUT2D eigenvalue weighted by Gasteiger charge is 2.17. The van der Waals surface area contributed by atoms with Gasteiger partial charge < -0.3 is 19.9 Å². The van der Waals surface area contributed by atoms with Crippen molar-refractivity contribution in [3.63, 3.8) is 0 Å². The standard InChI is InChI=1S/C19H35NO6/c1-4-5-6-7-8-9-10-11-12-18(23)25-13-17(22)14-26-19(24)15(2)20-16(3)21/h15,17,22H,4-14H2,1-3H3,(H,20,21)/t15-,17?/m1/s1. The van der Waals surface area contributed by atoms with E-state index in [1.807, 2.05) is 0 Å². The summed E-state index contributed by atoms with van der Waals surface area (Å²) >= 11 is 0. The first-order valence-corrected chi connectivity index (χ1v) is 9.64. The van der Waals surface area contributed by atoms with Crippen molar-refractivity contribution in [2.75, 3.05) is 13.2 Å². The Labute approximate surface area is 156 Å². The normalized spacial score (nSPS) is 12.9. The van der Waals surface area contributed by atoms with Gasteiger partial charge in [-0.2, -0.15) is 0 Å². The van der Waals surface area contributed by atoms with Crippen molar-refractivity contribution in [3.05, 3.63) is 0 Å². The Balaban J connectivity index is 3.63. The van der Waals surface area contributed by atoms with Crippen LogP contribution in [0.5, 0.6) is 0 Å². The third kappa shape index (κ3) is 14.7. The number of aliphatic hydroxyl groups excluding tert-OH is 1. The van der Waals surface area contributed by atoms with Crippen LogP contribution in [0.2, 0.25) is 0 Å². The molecule has 1 amide bonds. The van der Waals surface area contributed by atoms with Crippen molar-refractivity contribution in [2.24, 2.45) is 0 Å². The third-order valence-electron chi connectivity index (χ3n) is 3.86. The van der Waals surface area contributed by atoms with E-state index >= 15 is 0 Å². The zero-order valence-corrected chi connectivity index (χ0v) is 16.4. The minimum Gasteiger partial charge on any atom is -0.463 e. The van der Waals surface area contributed by atoms with E-state index in [0.29, 0.717) is 6.42 Å². The average molecular weight is 373 g/mol. The van der Waals surface area contributed by atoms with Gasteiger partial charge in [0.05, 0.1) is 0 Å². The molecule has 2 atom stereocenters. The highest BCUT2D eigenvalue weighted by atomic mass is 16.6. The van der Waals surface area contributed by atoms with Gasteiger partial charge in [-0.1, -0.05) is 51.9 Å². The summed E-state index contributed by atoms with van der Waals surface area (Å²) in [6.45, 7) is 4.48. The number of carbonyl (C=O) groups excluding carboxylic acids is 3. The predicted octanol–water partition coefficient (Wildman–Crippen LogP) is 2.49. The Hall–Kier alpha value is -1.63. The molecule has 0 bridgehead atoms. The minimum atomic E-state index is -1.08. The Bertz CT molecular complexity index is 413. The molecule has 0 saturated heterocycles. The molecule has 0 heterocycles. The zero-order valence-electron chi connectivity index (χ0n) is 16.4. The molecule has 152 valence electrons. The van der Waals surface area contributed by atoms with Gasteiger partial charge in [0.1, 0.15) is 25.4 Å². The summed E-state index contributed by atoms with van der Waals surface area (Å²) in [6.07, 6.45) is 8.44. The van der Waals surface area contributed by atoms with Gasteiger partial charge in [-0.05, 0) is 13.3 Å². The quantitative estimate of drug-likeness (QED) is 0.338. The van der Waals surface area contributed by atoms with Gasteiger partial charge in [-0.25, -0.2) is 4.79 Å². The molecule has 0 aliphatic heterocycles. The summed E-state index contributed by atoms with van der Waals surface area (Å²) in [5.74, 6) is -1.35. The van der Waals surface area contributed by atoms with Crippen molar-refractivity contribution in [1.29, 1.82) is 0 Å². The average Bonchev–Trinajstić information content (AvgIpc) is 2.59. The summed E-state index contributed by atoms with van der Waals surface area (Å²) in [6, 6.07) is -0.788. The van der Waals surface area contributed by atoms with Crippen molar-refractivity contribution in [3.8, 4) is 0 Å². The summed E-state index contributed by atoms with van der Waals surface area (Å²) in [5, 5.41) is 12.1. The molecule has 1 unspecified atom stereocenters. The number of carbonyl (C=O) groups is 3. The second-order valence-electron chi connectivity index (χ2n) is 6.61. The number of esters is 2. The molecule has 0 spiro atoms. The van der Waals surface area contributed by atoms with Gasteiger partial charge >= 0.3 is 11.9 Å². The predicted molar refractivity (Wildman–Crippen MR) is 98.4 cm³/mol. The van der Waals surface area contributed by atoms with Crippen LogP contribution in [0.15, 0.2) is 0 Å². The number of hydrogen-bond donors (Lipinski definition) is 2. The molecule has 0 rings (SSSR count). The van der Waals surface area contributed by atoms with Gasteiger partial charge in [0.25, 0.3) is 0 Å². The van der Waals surface area contributed by atoms with E-state index in [1.165, 1.54) is 46.0 Å². The second kappa shape index (κ2) is 15.6. The van der Waals surface area contributed by atoms with Crippen LogP contribution in [-0.4, -0.2) is 48.3 Å². The molecule has 7 nitrogen and oxygen atoms in total. The molecule has 0 aliphatic carbocycles. The summed E-state index contributed by atoms with van der Waals surface area (Å²) in [4.78, 5) is 34.0. The van der Waals surface area contributed by atoms with Crippen LogP contribution in [-0.2, 0) is 23.9 Å². The molecule has 7 heteroatoms. The molecule has 0 saturated carbocycles. The summed E-state index contributed by atoms with van der Waals surface area (Å²) in [7, 11) is 0. The fraction of sp³-hybridized carbons (Fsp3) is 0.842. The van der Waals surface area contributed by atoms with Crippen LogP contribution in [0.3, 0.4) is 0 Å². The van der Waals surface area contributed by atoms with Gasteiger partial charge in [-0.15, -0.1) is 0 Å². The molecule has 0 aliphatic rings. The maximum Gasteiger partial charge on any atom is 0.328 e. The number of hydrogen-bond acceptors (Lipinski definition) is 6. The first-order chi connectivity index (χ1) is 12.4. The van der Waals surface area contributed by atoms with E-state index < -0.39 is 18.1 Å². The number of amides is 1. The molecule has 26 heavy (non-hydrogen) atoms. The van der Waals surface area contributed by atoms with Gasteiger partial charge in [0.2, 0.25) is 5.91 Å². The van der Waals surface area contributed by atoms with E-state index in [9.17, 15) is 19.5 Å². The lowest BCUT2D eigenvalue weighted by Gasteiger charge is -2.15. The van der Waals surface area contributed by atoms with Crippen LogP contribution in [0.4, 0.5) is 0 Å². The lowest BCUT2D eigenvalue weighted by Crippen LogP contribution is -2.39. The van der Waals surface area contributed by atoms with E-state index in [4.69, 9.17) is 9.47 Å². The van der Waals surface area contributed by atoms with Gasteiger partial charge in [-0.3, -0.25) is 9.59 Å². The number of aliphatic hydroxyl groups is 1. The highest BCUT2D eigenvalue weighted by molar-refractivity contribution is 5.82. The number of rotatable bonds is 15. The van der Waals surface area contributed by atoms with E-state index in [2.05, 4.69) is 12.2 Å². The van der Waals surface area contributed by atoms with Gasteiger partial charge in [0, 0.05) is 13.3 Å². The minimum absolute atomic E-state index is 0.211. The number of nitrogens with one attached hydrogen (secondary N) is 1. The smallest absolute Gasteiger partial charge is 0.328 e. The zero-order chi connectivity index (χ0) is 19.8. The molecule has 0 aromatic rings. The molecule has 0 radical (unpaired) electrons. The Kier molecular flexibility index (Phi) is 14.6. The lowest BCUT2D eigenvalue weighted by atomic mass is 10.1. The third-order valence-corrected chi connectivity index (χ3v) is 3.86. The van der Waals surface area contributed by atoms with Crippen LogP contribution in [0, 0.1) is 0 Å². The largest absolute Gasteiger partial charge is 0.463 e. The summed E-state index contributed by atoms with van der Waals surface area (Å²) < 4.78 is 9.83. The van der Waals surface area contributed by atoms with Crippen molar-refractivity contribution < 1.29 is 29.0 Å². The fourth-order valence-electron chi connectivity index (χ4n) is 2.38. The van der Waals surface area contributed by atoms with E-state index in [1.54, 1.807) is 0 Å². The van der Waals surface area contributed by atoms with Crippen molar-refractivity contribution >= 4 is 17.8 Å². The molecule has 2 N–H and O–H groups in total. The van der Waals surface area contributed by atoms with E-state index in [-0.39, 0.29) is 25.1 Å². The molecule has 0 fully saturated rings. The molecule has 0 aromatic heterocycles. The van der Waals surface area contributed by atoms with Crippen LogP contribution in [0.25, 0.3) is 0 Å². The van der Waals surface area contributed by atoms with Crippen LogP contribution >= 0.6 is 0 Å². The van der Waals surface area contributed by atoms with Crippen molar-refractivity contribution in [1.82, 2.24) is 5.32 Å². The maximum absolute atomic E-state index is 11.6. The van der Waals surface area contributed by atoms with Crippen molar-refractivity contribution in [2.45, 2.75) is 90.7 Å².